The molecule has 1 rings (SSSR count). The number of benzene rings is 1. The van der Waals surface area contributed by atoms with E-state index < -0.39 is 0 Å². The number of hydrogen-bond donors (Lipinski definition) is 0. The average Bonchev–Trinajstić information content (AvgIpc) is 2.13. The summed E-state index contributed by atoms with van der Waals surface area (Å²) in [6.07, 6.45) is 0. The van der Waals surface area contributed by atoms with Crippen LogP contribution in [0.1, 0.15) is 42.3 Å². The highest BCUT2D eigenvalue weighted by molar-refractivity contribution is 5.95. The van der Waals surface area contributed by atoms with Crippen molar-refractivity contribution in [2.24, 2.45) is 0 Å². The third-order valence-electron chi connectivity index (χ3n) is 1.98. The Morgan fingerprint density at radius 1 is 1.15 bits per heavy atom. The van der Waals surface area contributed by atoms with Crippen LogP contribution in [0.5, 0.6) is 0 Å². The molecule has 0 aliphatic heterocycles. The van der Waals surface area contributed by atoms with Crippen molar-refractivity contribution in [3.8, 4) is 0 Å². The highest BCUT2D eigenvalue weighted by Crippen LogP contribution is 2.12. The first-order chi connectivity index (χ1) is 6.13. The number of Topliss-reactive ketones (excluding diaryl/α,β-unsaturated/α-hetero) is 1. The van der Waals surface area contributed by atoms with E-state index in [0.29, 0.717) is 0 Å². The topological polar surface area (TPSA) is 17.1 Å². The van der Waals surface area contributed by atoms with Crippen molar-refractivity contribution in [3.63, 3.8) is 0 Å². The molecule has 0 radical (unpaired) electrons. The first kappa shape index (κ1) is 11.9. The minimum Gasteiger partial charge on any atom is -0.295 e. The molecule has 0 saturated carbocycles. The van der Waals surface area contributed by atoms with Gasteiger partial charge in [0.1, 0.15) is 0 Å². The molecule has 0 atom stereocenters. The van der Waals surface area contributed by atoms with Crippen LogP contribution in [0.25, 0.3) is 0 Å². The molecule has 1 aromatic rings. The summed E-state index contributed by atoms with van der Waals surface area (Å²) in [5.41, 5.74) is 3.11. The smallest absolute Gasteiger partial charge is 0.160 e. The molecular formula is C12H18O. The van der Waals surface area contributed by atoms with Crippen LogP contribution in [0.4, 0.5) is 0 Å². The lowest BCUT2D eigenvalue weighted by atomic mass is 10.0. The Hall–Kier alpha value is -1.11. The first-order valence-electron chi connectivity index (χ1n) is 4.70. The van der Waals surface area contributed by atoms with E-state index >= 15 is 0 Å². The summed E-state index contributed by atoms with van der Waals surface area (Å²) in [5, 5.41) is 0. The fourth-order valence-electron chi connectivity index (χ4n) is 1.13. The molecule has 0 bridgehead atoms. The van der Waals surface area contributed by atoms with Gasteiger partial charge in [-0.25, -0.2) is 0 Å². The Labute approximate surface area is 80.8 Å². The summed E-state index contributed by atoms with van der Waals surface area (Å²) < 4.78 is 0. The van der Waals surface area contributed by atoms with Gasteiger partial charge in [-0.2, -0.15) is 0 Å². The Balaban J connectivity index is 0.000000671. The second-order valence-corrected chi connectivity index (χ2v) is 2.80. The van der Waals surface area contributed by atoms with E-state index in [1.807, 2.05) is 45.9 Å². The average molecular weight is 178 g/mol. The largest absolute Gasteiger partial charge is 0.295 e. The number of hydrogen-bond acceptors (Lipinski definition) is 1. The quantitative estimate of drug-likeness (QED) is 0.601. The lowest BCUT2D eigenvalue weighted by Crippen LogP contribution is -1.96. The standard InChI is InChI=1S/C10H12O.C2H6/c1-7-5-4-6-10(8(7)2)9(3)11;1-2/h4-6H,1-3H3;1-2H3. The zero-order valence-electron chi connectivity index (χ0n) is 9.14. The molecule has 0 aliphatic carbocycles. The van der Waals surface area contributed by atoms with Gasteiger partial charge in [0.2, 0.25) is 0 Å². The molecule has 0 unspecified atom stereocenters. The Bertz CT molecular complexity index is 287. The summed E-state index contributed by atoms with van der Waals surface area (Å²) in [7, 11) is 0. The molecule has 1 heteroatoms. The summed E-state index contributed by atoms with van der Waals surface area (Å²) >= 11 is 0. The third kappa shape index (κ3) is 3.02. The predicted octanol–water partition coefficient (Wildman–Crippen LogP) is 3.53. The Kier molecular flexibility index (Phi) is 5.05. The fraction of sp³-hybridized carbons (Fsp3) is 0.417. The maximum Gasteiger partial charge on any atom is 0.160 e. The van der Waals surface area contributed by atoms with Gasteiger partial charge in [0.15, 0.2) is 5.78 Å². The Morgan fingerprint density at radius 2 is 1.69 bits per heavy atom. The molecule has 0 aliphatic rings. The van der Waals surface area contributed by atoms with Crippen molar-refractivity contribution in [2.45, 2.75) is 34.6 Å². The monoisotopic (exact) mass is 178 g/mol. The van der Waals surface area contributed by atoms with E-state index in [0.717, 1.165) is 11.1 Å². The highest BCUT2D eigenvalue weighted by atomic mass is 16.1. The van der Waals surface area contributed by atoms with Crippen LogP contribution in [0.15, 0.2) is 18.2 Å². The highest BCUT2D eigenvalue weighted by Gasteiger charge is 2.03. The molecule has 0 amide bonds. The lowest BCUT2D eigenvalue weighted by Gasteiger charge is -2.03. The van der Waals surface area contributed by atoms with Gasteiger partial charge in [0, 0.05) is 5.56 Å². The normalized spacial score (nSPS) is 8.69. The summed E-state index contributed by atoms with van der Waals surface area (Å²) in [6.45, 7) is 9.59. The molecule has 0 saturated heterocycles. The van der Waals surface area contributed by atoms with Crippen LogP contribution >= 0.6 is 0 Å². The fourth-order valence-corrected chi connectivity index (χ4v) is 1.13. The number of rotatable bonds is 1. The molecule has 0 fully saturated rings. The summed E-state index contributed by atoms with van der Waals surface area (Å²) in [4.78, 5) is 11.0. The van der Waals surface area contributed by atoms with Gasteiger partial charge in [-0.05, 0) is 31.9 Å². The molecule has 0 N–H and O–H groups in total. The SMILES string of the molecule is CC.CC(=O)c1cccc(C)c1C. The van der Waals surface area contributed by atoms with Crippen LogP contribution in [0, 0.1) is 13.8 Å². The summed E-state index contributed by atoms with van der Waals surface area (Å²) in [6, 6.07) is 5.80. The minimum absolute atomic E-state index is 0.145. The van der Waals surface area contributed by atoms with Crippen LogP contribution in [0.3, 0.4) is 0 Å². The molecule has 72 valence electrons. The van der Waals surface area contributed by atoms with Crippen LogP contribution in [-0.4, -0.2) is 5.78 Å². The number of aryl methyl sites for hydroxylation is 1. The van der Waals surface area contributed by atoms with Gasteiger partial charge in [-0.15, -0.1) is 0 Å². The lowest BCUT2D eigenvalue weighted by molar-refractivity contribution is 0.101. The Morgan fingerprint density at radius 3 is 2.08 bits per heavy atom. The summed E-state index contributed by atoms with van der Waals surface area (Å²) in [5.74, 6) is 0.145. The molecular weight excluding hydrogens is 160 g/mol. The van der Waals surface area contributed by atoms with E-state index in [2.05, 4.69) is 0 Å². The third-order valence-corrected chi connectivity index (χ3v) is 1.98. The predicted molar refractivity (Wildman–Crippen MR) is 57.3 cm³/mol. The van der Waals surface area contributed by atoms with Crippen LogP contribution < -0.4 is 0 Å². The van der Waals surface area contributed by atoms with E-state index in [9.17, 15) is 4.79 Å². The zero-order chi connectivity index (χ0) is 10.4. The molecule has 0 heterocycles. The van der Waals surface area contributed by atoms with Crippen molar-refractivity contribution in [3.05, 3.63) is 34.9 Å². The molecule has 0 spiro atoms. The van der Waals surface area contributed by atoms with Crippen LogP contribution in [0.2, 0.25) is 0 Å². The van der Waals surface area contributed by atoms with Crippen molar-refractivity contribution in [1.82, 2.24) is 0 Å². The second kappa shape index (κ2) is 5.52. The van der Waals surface area contributed by atoms with Gasteiger partial charge in [0.25, 0.3) is 0 Å². The molecule has 0 aromatic heterocycles. The van der Waals surface area contributed by atoms with Gasteiger partial charge in [-0.3, -0.25) is 4.79 Å². The number of carbonyl (C=O) groups is 1. The van der Waals surface area contributed by atoms with Crippen molar-refractivity contribution in [2.75, 3.05) is 0 Å². The number of carbonyl (C=O) groups excluding carboxylic acids is 1. The van der Waals surface area contributed by atoms with E-state index in [-0.39, 0.29) is 5.78 Å². The van der Waals surface area contributed by atoms with E-state index in [4.69, 9.17) is 0 Å². The van der Waals surface area contributed by atoms with E-state index in [1.165, 1.54) is 5.56 Å². The molecule has 1 aromatic carbocycles. The van der Waals surface area contributed by atoms with Crippen molar-refractivity contribution in [1.29, 1.82) is 0 Å². The van der Waals surface area contributed by atoms with Gasteiger partial charge >= 0.3 is 0 Å². The molecule has 1 nitrogen and oxygen atoms in total. The maximum absolute atomic E-state index is 11.0. The second-order valence-electron chi connectivity index (χ2n) is 2.80. The van der Waals surface area contributed by atoms with E-state index in [1.54, 1.807) is 6.92 Å². The van der Waals surface area contributed by atoms with Gasteiger partial charge in [0.05, 0.1) is 0 Å². The van der Waals surface area contributed by atoms with Crippen LogP contribution in [-0.2, 0) is 0 Å². The minimum atomic E-state index is 0.145. The first-order valence-corrected chi connectivity index (χ1v) is 4.70. The van der Waals surface area contributed by atoms with Gasteiger partial charge < -0.3 is 0 Å². The molecule has 13 heavy (non-hydrogen) atoms. The van der Waals surface area contributed by atoms with Crippen molar-refractivity contribution >= 4 is 5.78 Å². The maximum atomic E-state index is 11.0. The van der Waals surface area contributed by atoms with Crippen molar-refractivity contribution < 1.29 is 4.79 Å². The number of ketones is 1. The zero-order valence-corrected chi connectivity index (χ0v) is 9.14. The van der Waals surface area contributed by atoms with Gasteiger partial charge in [-0.1, -0.05) is 32.0 Å².